The van der Waals surface area contributed by atoms with Gasteiger partial charge in [-0.05, 0) is 19.3 Å². The first-order valence-corrected chi connectivity index (χ1v) is 6.81. The molecule has 0 aliphatic rings. The highest BCUT2D eigenvalue weighted by molar-refractivity contribution is 5.83. The van der Waals surface area contributed by atoms with E-state index in [1.54, 1.807) is 0 Å². The van der Waals surface area contributed by atoms with Gasteiger partial charge in [0, 0.05) is 26.3 Å². The predicted molar refractivity (Wildman–Crippen MR) is 73.6 cm³/mol. The maximum Gasteiger partial charge on any atom is 0.326 e. The molecule has 0 aromatic rings. The lowest BCUT2D eigenvalue weighted by Gasteiger charge is -2.13. The van der Waals surface area contributed by atoms with Gasteiger partial charge in [-0.1, -0.05) is 6.42 Å². The van der Waals surface area contributed by atoms with Crippen LogP contribution in [0.3, 0.4) is 0 Å². The normalized spacial score (nSPS) is 11.5. The van der Waals surface area contributed by atoms with E-state index < -0.39 is 23.9 Å². The molecule has 0 rings (SSSR count). The summed E-state index contributed by atoms with van der Waals surface area (Å²) in [5.74, 6) is -2.86. The van der Waals surface area contributed by atoms with Crippen molar-refractivity contribution in [2.24, 2.45) is 0 Å². The van der Waals surface area contributed by atoms with Crippen LogP contribution in [0.2, 0.25) is 0 Å². The second kappa shape index (κ2) is 10.6. The minimum atomic E-state index is -1.24. The third-order valence-corrected chi connectivity index (χ3v) is 2.73. The van der Waals surface area contributed by atoms with Crippen molar-refractivity contribution in [2.75, 3.05) is 6.54 Å². The van der Waals surface area contributed by atoms with Crippen LogP contribution in [-0.2, 0) is 19.2 Å². The third kappa shape index (κ3) is 11.4. The lowest BCUT2D eigenvalue weighted by Crippen LogP contribution is -2.41. The second-order valence-electron chi connectivity index (χ2n) is 4.68. The van der Waals surface area contributed by atoms with Gasteiger partial charge in [0.15, 0.2) is 0 Å². The van der Waals surface area contributed by atoms with Gasteiger partial charge in [0.1, 0.15) is 6.04 Å². The Balaban J connectivity index is 3.85. The van der Waals surface area contributed by atoms with E-state index in [4.69, 9.17) is 10.2 Å². The number of hydrogen-bond donors (Lipinski definition) is 4. The summed E-state index contributed by atoms with van der Waals surface area (Å²) in [4.78, 5) is 43.4. The summed E-state index contributed by atoms with van der Waals surface area (Å²) >= 11 is 0. The zero-order chi connectivity index (χ0) is 16.3. The quantitative estimate of drug-likeness (QED) is 0.401. The van der Waals surface area contributed by atoms with Crippen molar-refractivity contribution in [1.82, 2.24) is 10.6 Å². The highest BCUT2D eigenvalue weighted by Crippen LogP contribution is 2.02. The van der Waals surface area contributed by atoms with Crippen molar-refractivity contribution in [3.05, 3.63) is 0 Å². The zero-order valence-corrected chi connectivity index (χ0v) is 12.1. The van der Waals surface area contributed by atoms with Crippen molar-refractivity contribution in [3.8, 4) is 0 Å². The summed E-state index contributed by atoms with van der Waals surface area (Å²) < 4.78 is 0. The van der Waals surface area contributed by atoms with E-state index in [0.29, 0.717) is 13.0 Å². The Morgan fingerprint density at radius 3 is 2.19 bits per heavy atom. The zero-order valence-electron chi connectivity index (χ0n) is 12.1. The fourth-order valence-corrected chi connectivity index (χ4v) is 1.64. The molecule has 120 valence electrons. The van der Waals surface area contributed by atoms with E-state index in [0.717, 1.165) is 12.8 Å². The number of carboxylic acid groups (broad SMARTS) is 2. The molecule has 0 bridgehead atoms. The Kier molecular flexibility index (Phi) is 9.57. The minimum absolute atomic E-state index is 0.101. The van der Waals surface area contributed by atoms with Crippen LogP contribution in [0.5, 0.6) is 0 Å². The van der Waals surface area contributed by atoms with Crippen LogP contribution in [0.15, 0.2) is 0 Å². The van der Waals surface area contributed by atoms with Gasteiger partial charge in [0.2, 0.25) is 11.8 Å². The second-order valence-corrected chi connectivity index (χ2v) is 4.68. The molecule has 0 aromatic heterocycles. The smallest absolute Gasteiger partial charge is 0.326 e. The molecule has 0 fully saturated rings. The Bertz CT molecular complexity index is 383. The van der Waals surface area contributed by atoms with Gasteiger partial charge in [-0.25, -0.2) is 4.79 Å². The van der Waals surface area contributed by atoms with Crippen molar-refractivity contribution >= 4 is 23.8 Å². The molecule has 0 aromatic carbocycles. The van der Waals surface area contributed by atoms with E-state index >= 15 is 0 Å². The van der Waals surface area contributed by atoms with Crippen LogP contribution in [0.1, 0.15) is 45.4 Å². The molecule has 8 nitrogen and oxygen atoms in total. The van der Waals surface area contributed by atoms with Crippen LogP contribution in [-0.4, -0.2) is 46.6 Å². The number of carboxylic acids is 2. The molecule has 0 saturated heterocycles. The largest absolute Gasteiger partial charge is 0.481 e. The molecular weight excluding hydrogens is 280 g/mol. The Morgan fingerprint density at radius 2 is 1.67 bits per heavy atom. The first kappa shape index (κ1) is 18.9. The maximum absolute atomic E-state index is 11.6. The van der Waals surface area contributed by atoms with Gasteiger partial charge in [0.25, 0.3) is 0 Å². The SMILES string of the molecule is CC(=O)NCCCCCC(=O)N[C@@H](CCC(=O)O)C(=O)O. The van der Waals surface area contributed by atoms with Gasteiger partial charge in [0.05, 0.1) is 0 Å². The fourth-order valence-electron chi connectivity index (χ4n) is 1.64. The standard InChI is InChI=1S/C13H22N2O6/c1-9(16)14-8-4-2-3-5-11(17)15-10(13(20)21)6-7-12(18)19/h10H,2-8H2,1H3,(H,14,16)(H,15,17)(H,18,19)(H,20,21)/t10-/m0/s1. The molecule has 21 heavy (non-hydrogen) atoms. The summed E-state index contributed by atoms with van der Waals surface area (Å²) in [5, 5.41) is 22.3. The molecule has 1 atom stereocenters. The molecule has 0 aliphatic heterocycles. The molecule has 0 radical (unpaired) electrons. The highest BCUT2D eigenvalue weighted by Gasteiger charge is 2.20. The molecule has 0 spiro atoms. The lowest BCUT2D eigenvalue weighted by atomic mass is 10.1. The molecule has 0 saturated carbocycles. The molecule has 4 N–H and O–H groups in total. The number of aliphatic carboxylic acids is 2. The number of hydrogen-bond acceptors (Lipinski definition) is 4. The number of carbonyl (C=O) groups is 4. The first-order valence-electron chi connectivity index (χ1n) is 6.81. The van der Waals surface area contributed by atoms with Crippen LogP contribution in [0.4, 0.5) is 0 Å². The van der Waals surface area contributed by atoms with Crippen LogP contribution in [0, 0.1) is 0 Å². The van der Waals surface area contributed by atoms with Gasteiger partial charge >= 0.3 is 11.9 Å². The van der Waals surface area contributed by atoms with Gasteiger partial charge in [-0.2, -0.15) is 0 Å². The Morgan fingerprint density at radius 1 is 1.00 bits per heavy atom. The van der Waals surface area contributed by atoms with E-state index in [-0.39, 0.29) is 25.2 Å². The fraction of sp³-hybridized carbons (Fsp3) is 0.692. The first-order chi connectivity index (χ1) is 9.82. The molecule has 8 heteroatoms. The van der Waals surface area contributed by atoms with Crippen LogP contribution < -0.4 is 10.6 Å². The summed E-state index contributed by atoms with van der Waals surface area (Å²) in [7, 11) is 0. The molecule has 0 aliphatic carbocycles. The molecule has 0 unspecified atom stereocenters. The minimum Gasteiger partial charge on any atom is -0.481 e. The average Bonchev–Trinajstić information content (AvgIpc) is 2.37. The number of unbranched alkanes of at least 4 members (excludes halogenated alkanes) is 2. The van der Waals surface area contributed by atoms with Crippen molar-refractivity contribution < 1.29 is 29.4 Å². The number of amides is 2. The van der Waals surface area contributed by atoms with Crippen LogP contribution in [0.25, 0.3) is 0 Å². The van der Waals surface area contributed by atoms with Gasteiger partial charge in [-0.3, -0.25) is 14.4 Å². The lowest BCUT2D eigenvalue weighted by molar-refractivity contribution is -0.143. The third-order valence-electron chi connectivity index (χ3n) is 2.73. The predicted octanol–water partition coefficient (Wildman–Crippen LogP) is 0.117. The monoisotopic (exact) mass is 302 g/mol. The number of rotatable bonds is 11. The summed E-state index contributed by atoms with van der Waals surface area (Å²) in [6.45, 7) is 1.98. The summed E-state index contributed by atoms with van der Waals surface area (Å²) in [6.07, 6.45) is 1.79. The van der Waals surface area contributed by atoms with Crippen molar-refractivity contribution in [2.45, 2.75) is 51.5 Å². The van der Waals surface area contributed by atoms with E-state index in [9.17, 15) is 19.2 Å². The maximum atomic E-state index is 11.6. The van der Waals surface area contributed by atoms with E-state index in [1.807, 2.05) is 0 Å². The molecule has 0 heterocycles. The van der Waals surface area contributed by atoms with E-state index in [2.05, 4.69) is 10.6 Å². The topological polar surface area (TPSA) is 133 Å². The van der Waals surface area contributed by atoms with Gasteiger partial charge in [-0.15, -0.1) is 0 Å². The Hall–Kier alpha value is -2.12. The number of carbonyl (C=O) groups excluding carboxylic acids is 2. The van der Waals surface area contributed by atoms with E-state index in [1.165, 1.54) is 6.92 Å². The highest BCUT2D eigenvalue weighted by atomic mass is 16.4. The van der Waals surface area contributed by atoms with Crippen molar-refractivity contribution in [3.63, 3.8) is 0 Å². The summed E-state index contributed by atoms with van der Waals surface area (Å²) in [5.41, 5.74) is 0. The summed E-state index contributed by atoms with van der Waals surface area (Å²) in [6, 6.07) is -1.17. The molecular formula is C13H22N2O6. The van der Waals surface area contributed by atoms with Gasteiger partial charge < -0.3 is 20.8 Å². The van der Waals surface area contributed by atoms with Crippen molar-refractivity contribution in [1.29, 1.82) is 0 Å². The molecule has 2 amide bonds. The van der Waals surface area contributed by atoms with Crippen LogP contribution >= 0.6 is 0 Å². The Labute approximate surface area is 122 Å². The number of nitrogens with one attached hydrogen (secondary N) is 2. The average molecular weight is 302 g/mol.